The van der Waals surface area contributed by atoms with Crippen LogP contribution in [0.5, 0.6) is 0 Å². The second-order valence-electron chi connectivity index (χ2n) is 4.38. The molecule has 0 unspecified atom stereocenters. The summed E-state index contributed by atoms with van der Waals surface area (Å²) < 4.78 is 0. The van der Waals surface area contributed by atoms with Crippen molar-refractivity contribution in [3.8, 4) is 0 Å². The van der Waals surface area contributed by atoms with Gasteiger partial charge in [0.25, 0.3) is 5.91 Å². The number of carbonyl (C=O) groups excluding carboxylic acids is 1. The quantitative estimate of drug-likeness (QED) is 0.794. The van der Waals surface area contributed by atoms with Crippen LogP contribution in [0.4, 0.5) is 5.82 Å². The van der Waals surface area contributed by atoms with Crippen molar-refractivity contribution in [2.24, 2.45) is 0 Å². The second-order valence-corrected chi connectivity index (χ2v) is 4.38. The van der Waals surface area contributed by atoms with E-state index in [4.69, 9.17) is 5.73 Å². The predicted octanol–water partition coefficient (Wildman–Crippen LogP) is 1.64. The minimum Gasteiger partial charge on any atom is -0.384 e. The van der Waals surface area contributed by atoms with Crippen molar-refractivity contribution < 1.29 is 4.79 Å². The summed E-state index contributed by atoms with van der Waals surface area (Å²) in [4.78, 5) is 16.0. The molecule has 3 N–H and O–H groups in total. The third-order valence-electron chi connectivity index (χ3n) is 2.93. The van der Waals surface area contributed by atoms with Crippen LogP contribution in [0.2, 0.25) is 0 Å². The lowest BCUT2D eigenvalue weighted by atomic mass is 10.2. The van der Waals surface area contributed by atoms with Gasteiger partial charge in [0.05, 0.1) is 0 Å². The number of hydrogen-bond donors (Lipinski definition) is 2. The number of nitrogens with one attached hydrogen (secondary N) is 1. The molecule has 1 aliphatic carbocycles. The number of anilines is 1. The zero-order valence-corrected chi connectivity index (χ0v) is 9.49. The molecule has 1 amide bonds. The third kappa shape index (κ3) is 2.51. The van der Waals surface area contributed by atoms with E-state index in [0.29, 0.717) is 17.4 Å². The molecule has 1 fully saturated rings. The van der Waals surface area contributed by atoms with E-state index in [0.717, 1.165) is 18.5 Å². The van der Waals surface area contributed by atoms with Crippen LogP contribution in [-0.4, -0.2) is 16.9 Å². The van der Waals surface area contributed by atoms with E-state index < -0.39 is 0 Å². The number of hydrogen-bond acceptors (Lipinski definition) is 3. The van der Waals surface area contributed by atoms with E-state index in [-0.39, 0.29) is 5.91 Å². The Morgan fingerprint density at radius 2 is 2.12 bits per heavy atom. The lowest BCUT2D eigenvalue weighted by molar-refractivity contribution is 0.0937. The van der Waals surface area contributed by atoms with Gasteiger partial charge < -0.3 is 11.1 Å². The Balaban J connectivity index is 2.07. The summed E-state index contributed by atoms with van der Waals surface area (Å²) in [7, 11) is 0. The van der Waals surface area contributed by atoms with Gasteiger partial charge in [0.15, 0.2) is 0 Å². The van der Waals surface area contributed by atoms with Gasteiger partial charge in [-0.3, -0.25) is 4.79 Å². The summed E-state index contributed by atoms with van der Waals surface area (Å²) in [5, 5.41) is 3.03. The molecule has 1 saturated carbocycles. The van der Waals surface area contributed by atoms with Crippen LogP contribution >= 0.6 is 0 Å². The topological polar surface area (TPSA) is 68.0 Å². The molecule has 0 aliphatic heterocycles. The Bertz CT molecular complexity index is 377. The van der Waals surface area contributed by atoms with Crippen molar-refractivity contribution in [2.75, 3.05) is 5.73 Å². The number of aryl methyl sites for hydroxylation is 1. The van der Waals surface area contributed by atoms with Crippen molar-refractivity contribution in [3.63, 3.8) is 0 Å². The predicted molar refractivity (Wildman–Crippen MR) is 63.1 cm³/mol. The van der Waals surface area contributed by atoms with E-state index in [9.17, 15) is 4.79 Å². The molecule has 0 atom stereocenters. The maximum Gasteiger partial charge on any atom is 0.251 e. The average Bonchev–Trinajstić information content (AvgIpc) is 2.68. The number of carbonyl (C=O) groups is 1. The molecule has 1 aliphatic rings. The van der Waals surface area contributed by atoms with E-state index in [1.807, 2.05) is 6.92 Å². The summed E-state index contributed by atoms with van der Waals surface area (Å²) in [6, 6.07) is 3.72. The van der Waals surface area contributed by atoms with Gasteiger partial charge in [-0.25, -0.2) is 4.98 Å². The molecule has 16 heavy (non-hydrogen) atoms. The van der Waals surface area contributed by atoms with Crippen molar-refractivity contribution >= 4 is 11.7 Å². The molecule has 0 saturated heterocycles. The molecule has 86 valence electrons. The van der Waals surface area contributed by atoms with E-state index in [1.54, 1.807) is 12.1 Å². The fourth-order valence-corrected chi connectivity index (χ4v) is 2.16. The fourth-order valence-electron chi connectivity index (χ4n) is 2.16. The van der Waals surface area contributed by atoms with Crippen molar-refractivity contribution in [1.82, 2.24) is 10.3 Å². The standard InChI is InChI=1S/C12H17N3O/c1-8-6-9(7-11(13)14-8)12(16)15-10-4-2-3-5-10/h6-7,10H,2-5H2,1H3,(H2,13,14)(H,15,16). The first-order valence-corrected chi connectivity index (χ1v) is 5.70. The summed E-state index contributed by atoms with van der Waals surface area (Å²) in [5.74, 6) is 0.362. The molecule has 0 radical (unpaired) electrons. The normalized spacial score (nSPS) is 16.3. The highest BCUT2D eigenvalue weighted by atomic mass is 16.1. The molecule has 0 spiro atoms. The van der Waals surface area contributed by atoms with Crippen LogP contribution in [0.15, 0.2) is 12.1 Å². The molecule has 2 rings (SSSR count). The maximum atomic E-state index is 11.9. The van der Waals surface area contributed by atoms with Gasteiger partial charge in [0, 0.05) is 17.3 Å². The van der Waals surface area contributed by atoms with Crippen LogP contribution in [0.25, 0.3) is 0 Å². The van der Waals surface area contributed by atoms with Gasteiger partial charge in [0.2, 0.25) is 0 Å². The average molecular weight is 219 g/mol. The van der Waals surface area contributed by atoms with Crippen LogP contribution in [0.3, 0.4) is 0 Å². The zero-order chi connectivity index (χ0) is 11.5. The van der Waals surface area contributed by atoms with Gasteiger partial charge in [-0.2, -0.15) is 0 Å². The Hall–Kier alpha value is -1.58. The van der Waals surface area contributed by atoms with Gasteiger partial charge in [-0.1, -0.05) is 12.8 Å². The van der Waals surface area contributed by atoms with Gasteiger partial charge in [-0.15, -0.1) is 0 Å². The minimum atomic E-state index is -0.0379. The van der Waals surface area contributed by atoms with Crippen LogP contribution in [0, 0.1) is 6.92 Å². The monoisotopic (exact) mass is 219 g/mol. The Morgan fingerprint density at radius 3 is 2.75 bits per heavy atom. The highest BCUT2D eigenvalue weighted by Crippen LogP contribution is 2.18. The lowest BCUT2D eigenvalue weighted by Crippen LogP contribution is -2.32. The SMILES string of the molecule is Cc1cc(C(=O)NC2CCCC2)cc(N)n1. The van der Waals surface area contributed by atoms with Crippen LogP contribution in [0.1, 0.15) is 41.7 Å². The molecule has 1 heterocycles. The van der Waals surface area contributed by atoms with Gasteiger partial charge in [-0.05, 0) is 31.9 Å². The number of rotatable bonds is 2. The van der Waals surface area contributed by atoms with Gasteiger partial charge in [0.1, 0.15) is 5.82 Å². The third-order valence-corrected chi connectivity index (χ3v) is 2.93. The first-order chi connectivity index (χ1) is 7.65. The second kappa shape index (κ2) is 4.51. The maximum absolute atomic E-state index is 11.9. The lowest BCUT2D eigenvalue weighted by Gasteiger charge is -2.12. The molecular formula is C12H17N3O. The van der Waals surface area contributed by atoms with Crippen LogP contribution in [-0.2, 0) is 0 Å². The molecule has 1 aromatic rings. The van der Waals surface area contributed by atoms with E-state index in [2.05, 4.69) is 10.3 Å². The Kier molecular flexibility index (Phi) is 3.08. The molecule has 4 heteroatoms. The number of pyridine rings is 1. The number of aromatic nitrogens is 1. The number of nitrogen functional groups attached to an aromatic ring is 1. The summed E-state index contributed by atoms with van der Waals surface area (Å²) in [6.45, 7) is 1.84. The molecule has 0 bridgehead atoms. The summed E-state index contributed by atoms with van der Waals surface area (Å²) in [5.41, 5.74) is 7.00. The Morgan fingerprint density at radius 1 is 1.44 bits per heavy atom. The number of nitrogens with two attached hydrogens (primary N) is 1. The van der Waals surface area contributed by atoms with Crippen molar-refractivity contribution in [3.05, 3.63) is 23.4 Å². The molecular weight excluding hydrogens is 202 g/mol. The first kappa shape index (κ1) is 10.9. The minimum absolute atomic E-state index is 0.0379. The van der Waals surface area contributed by atoms with E-state index in [1.165, 1.54) is 12.8 Å². The largest absolute Gasteiger partial charge is 0.384 e. The first-order valence-electron chi connectivity index (χ1n) is 5.70. The van der Waals surface area contributed by atoms with Crippen LogP contribution < -0.4 is 11.1 Å². The fraction of sp³-hybridized carbons (Fsp3) is 0.500. The summed E-state index contributed by atoms with van der Waals surface area (Å²) >= 11 is 0. The summed E-state index contributed by atoms with van der Waals surface area (Å²) in [6.07, 6.45) is 4.60. The smallest absolute Gasteiger partial charge is 0.251 e. The van der Waals surface area contributed by atoms with E-state index >= 15 is 0 Å². The van der Waals surface area contributed by atoms with Gasteiger partial charge >= 0.3 is 0 Å². The molecule has 1 aromatic heterocycles. The highest BCUT2D eigenvalue weighted by Gasteiger charge is 2.18. The number of amides is 1. The highest BCUT2D eigenvalue weighted by molar-refractivity contribution is 5.95. The van der Waals surface area contributed by atoms with Crippen molar-refractivity contribution in [2.45, 2.75) is 38.6 Å². The number of nitrogens with zero attached hydrogens (tertiary/aromatic N) is 1. The molecule has 0 aromatic carbocycles. The van der Waals surface area contributed by atoms with Crippen molar-refractivity contribution in [1.29, 1.82) is 0 Å². The zero-order valence-electron chi connectivity index (χ0n) is 9.49. The molecule has 4 nitrogen and oxygen atoms in total. The Labute approximate surface area is 95.3 Å².